The van der Waals surface area contributed by atoms with E-state index in [0.717, 1.165) is 18.4 Å². The predicted molar refractivity (Wildman–Crippen MR) is 64.1 cm³/mol. The van der Waals surface area contributed by atoms with Crippen molar-refractivity contribution in [3.63, 3.8) is 0 Å². The molecule has 3 atom stereocenters. The number of morpholine rings is 1. The molecule has 0 spiro atoms. The normalized spacial score (nSPS) is 31.7. The van der Waals surface area contributed by atoms with Gasteiger partial charge in [0, 0.05) is 24.5 Å². The molecule has 0 bridgehead atoms. The van der Waals surface area contributed by atoms with Crippen molar-refractivity contribution in [1.82, 2.24) is 4.90 Å². The summed E-state index contributed by atoms with van der Waals surface area (Å²) in [5.74, 6) is 0. The van der Waals surface area contributed by atoms with E-state index >= 15 is 0 Å². The Bertz CT molecular complexity index is 165. The van der Waals surface area contributed by atoms with Crippen molar-refractivity contribution >= 4 is 15.9 Å². The maximum absolute atomic E-state index is 5.81. The minimum atomic E-state index is 0.373. The van der Waals surface area contributed by atoms with Gasteiger partial charge in [-0.05, 0) is 20.3 Å². The van der Waals surface area contributed by atoms with Crippen molar-refractivity contribution in [1.29, 1.82) is 0 Å². The van der Waals surface area contributed by atoms with Crippen molar-refractivity contribution in [3.05, 3.63) is 0 Å². The lowest BCUT2D eigenvalue weighted by Crippen LogP contribution is -2.50. The maximum Gasteiger partial charge on any atom is 0.0802 e. The zero-order valence-corrected chi connectivity index (χ0v) is 11.1. The zero-order valence-electron chi connectivity index (χ0n) is 9.50. The standard InChI is InChI=1S/C11H22BrNO/c1-4-5-9(2)13-7-10(3)14-11(6-12)8-13/h9-11H,4-8H2,1-3H3. The van der Waals surface area contributed by atoms with Crippen LogP contribution in [0.25, 0.3) is 0 Å². The molecule has 0 amide bonds. The topological polar surface area (TPSA) is 12.5 Å². The van der Waals surface area contributed by atoms with Gasteiger partial charge in [0.05, 0.1) is 12.2 Å². The van der Waals surface area contributed by atoms with Crippen LogP contribution in [0, 0.1) is 0 Å². The van der Waals surface area contributed by atoms with Crippen molar-refractivity contribution in [2.75, 3.05) is 18.4 Å². The van der Waals surface area contributed by atoms with E-state index in [4.69, 9.17) is 4.74 Å². The lowest BCUT2D eigenvalue weighted by atomic mass is 10.1. The van der Waals surface area contributed by atoms with E-state index in [9.17, 15) is 0 Å². The number of ether oxygens (including phenoxy) is 1. The number of rotatable bonds is 4. The van der Waals surface area contributed by atoms with E-state index in [1.165, 1.54) is 12.8 Å². The molecule has 3 heteroatoms. The van der Waals surface area contributed by atoms with Crippen LogP contribution in [0.4, 0.5) is 0 Å². The number of hydrogen-bond acceptors (Lipinski definition) is 2. The highest BCUT2D eigenvalue weighted by molar-refractivity contribution is 9.09. The van der Waals surface area contributed by atoms with Gasteiger partial charge in [-0.2, -0.15) is 0 Å². The van der Waals surface area contributed by atoms with Crippen LogP contribution >= 0.6 is 15.9 Å². The van der Waals surface area contributed by atoms with Crippen molar-refractivity contribution in [2.24, 2.45) is 0 Å². The molecular weight excluding hydrogens is 242 g/mol. The Morgan fingerprint density at radius 2 is 2.21 bits per heavy atom. The highest BCUT2D eigenvalue weighted by Gasteiger charge is 2.26. The third-order valence-corrected chi connectivity index (χ3v) is 3.58. The molecule has 0 aromatic rings. The fraction of sp³-hybridized carbons (Fsp3) is 1.00. The lowest BCUT2D eigenvalue weighted by molar-refractivity contribution is -0.0766. The van der Waals surface area contributed by atoms with E-state index in [0.29, 0.717) is 18.2 Å². The summed E-state index contributed by atoms with van der Waals surface area (Å²) < 4.78 is 5.81. The first-order valence-corrected chi connectivity index (χ1v) is 6.75. The molecule has 1 aliphatic heterocycles. The summed E-state index contributed by atoms with van der Waals surface area (Å²) in [6, 6.07) is 0.702. The molecule has 3 unspecified atom stereocenters. The highest BCUT2D eigenvalue weighted by atomic mass is 79.9. The second-order valence-electron chi connectivity index (χ2n) is 4.31. The Labute approximate surface area is 96.1 Å². The molecule has 1 aliphatic rings. The fourth-order valence-corrected chi connectivity index (χ4v) is 2.48. The van der Waals surface area contributed by atoms with Crippen LogP contribution in [0.2, 0.25) is 0 Å². The second-order valence-corrected chi connectivity index (χ2v) is 4.96. The van der Waals surface area contributed by atoms with E-state index in [1.54, 1.807) is 0 Å². The molecule has 1 saturated heterocycles. The van der Waals surface area contributed by atoms with Gasteiger partial charge in [0.1, 0.15) is 0 Å². The van der Waals surface area contributed by atoms with Crippen LogP contribution in [0.3, 0.4) is 0 Å². The molecule has 0 radical (unpaired) electrons. The minimum absolute atomic E-state index is 0.373. The summed E-state index contributed by atoms with van der Waals surface area (Å²) in [5.41, 5.74) is 0. The Hall–Kier alpha value is 0.400. The highest BCUT2D eigenvalue weighted by Crippen LogP contribution is 2.17. The van der Waals surface area contributed by atoms with Crippen LogP contribution in [0.15, 0.2) is 0 Å². The third-order valence-electron chi connectivity index (χ3n) is 2.86. The van der Waals surface area contributed by atoms with Gasteiger partial charge < -0.3 is 4.74 Å². The van der Waals surface area contributed by atoms with Crippen LogP contribution in [-0.4, -0.2) is 41.6 Å². The first-order valence-electron chi connectivity index (χ1n) is 5.62. The van der Waals surface area contributed by atoms with E-state index in [1.807, 2.05) is 0 Å². The van der Waals surface area contributed by atoms with Gasteiger partial charge in [0.25, 0.3) is 0 Å². The Morgan fingerprint density at radius 1 is 1.50 bits per heavy atom. The summed E-state index contributed by atoms with van der Waals surface area (Å²) >= 11 is 3.50. The average molecular weight is 264 g/mol. The van der Waals surface area contributed by atoms with E-state index in [-0.39, 0.29) is 0 Å². The van der Waals surface area contributed by atoms with Crippen LogP contribution < -0.4 is 0 Å². The molecule has 1 heterocycles. The zero-order chi connectivity index (χ0) is 10.6. The van der Waals surface area contributed by atoms with Crippen LogP contribution in [-0.2, 0) is 4.74 Å². The second kappa shape index (κ2) is 6.09. The quantitative estimate of drug-likeness (QED) is 0.724. The van der Waals surface area contributed by atoms with Gasteiger partial charge in [-0.15, -0.1) is 0 Å². The van der Waals surface area contributed by atoms with Crippen molar-refractivity contribution < 1.29 is 4.74 Å². The van der Waals surface area contributed by atoms with Crippen molar-refractivity contribution in [3.8, 4) is 0 Å². The van der Waals surface area contributed by atoms with E-state index < -0.39 is 0 Å². The van der Waals surface area contributed by atoms with Crippen LogP contribution in [0.1, 0.15) is 33.6 Å². The summed E-state index contributed by atoms with van der Waals surface area (Å²) in [5, 5.41) is 0.951. The number of halogens is 1. The predicted octanol–water partition coefficient (Wildman–Crippen LogP) is 2.66. The lowest BCUT2D eigenvalue weighted by Gasteiger charge is -2.39. The summed E-state index contributed by atoms with van der Waals surface area (Å²) in [6.45, 7) is 8.91. The van der Waals surface area contributed by atoms with Gasteiger partial charge in [-0.1, -0.05) is 29.3 Å². The fourth-order valence-electron chi connectivity index (χ4n) is 2.13. The first kappa shape index (κ1) is 12.5. The molecule has 84 valence electrons. The van der Waals surface area contributed by atoms with Gasteiger partial charge in [0.15, 0.2) is 0 Å². The first-order chi connectivity index (χ1) is 6.67. The molecule has 0 aromatic carbocycles. The maximum atomic E-state index is 5.81. The number of hydrogen-bond donors (Lipinski definition) is 0. The average Bonchev–Trinajstić information content (AvgIpc) is 2.17. The number of nitrogens with zero attached hydrogens (tertiary/aromatic N) is 1. The molecule has 1 rings (SSSR count). The molecule has 0 aliphatic carbocycles. The molecule has 0 N–H and O–H groups in total. The van der Waals surface area contributed by atoms with Gasteiger partial charge in [0.2, 0.25) is 0 Å². The number of alkyl halides is 1. The summed E-state index contributed by atoms with van der Waals surface area (Å²) in [4.78, 5) is 2.56. The Kier molecular flexibility index (Phi) is 5.42. The molecule has 14 heavy (non-hydrogen) atoms. The molecule has 2 nitrogen and oxygen atoms in total. The van der Waals surface area contributed by atoms with Crippen LogP contribution in [0.5, 0.6) is 0 Å². The monoisotopic (exact) mass is 263 g/mol. The molecule has 0 saturated carbocycles. The Morgan fingerprint density at radius 3 is 2.79 bits per heavy atom. The van der Waals surface area contributed by atoms with E-state index in [2.05, 4.69) is 41.6 Å². The molecular formula is C11H22BrNO. The van der Waals surface area contributed by atoms with Crippen molar-refractivity contribution in [2.45, 2.75) is 51.9 Å². The summed E-state index contributed by atoms with van der Waals surface area (Å²) in [7, 11) is 0. The van der Waals surface area contributed by atoms with Gasteiger partial charge in [-0.25, -0.2) is 0 Å². The SMILES string of the molecule is CCCC(C)N1CC(C)OC(CBr)C1. The molecule has 1 fully saturated rings. The smallest absolute Gasteiger partial charge is 0.0802 e. The molecule has 0 aromatic heterocycles. The van der Waals surface area contributed by atoms with Gasteiger partial charge >= 0.3 is 0 Å². The van der Waals surface area contributed by atoms with Gasteiger partial charge in [-0.3, -0.25) is 4.90 Å². The minimum Gasteiger partial charge on any atom is -0.372 e. The largest absolute Gasteiger partial charge is 0.372 e. The Balaban J connectivity index is 2.43. The third kappa shape index (κ3) is 3.52. The summed E-state index contributed by atoms with van der Waals surface area (Å²) in [6.07, 6.45) is 3.32.